The van der Waals surface area contributed by atoms with Crippen molar-refractivity contribution in [2.75, 3.05) is 26.3 Å². The molecule has 3 rings (SSSR count). The predicted octanol–water partition coefficient (Wildman–Crippen LogP) is 3.64. The van der Waals surface area contributed by atoms with E-state index in [-0.39, 0.29) is 36.4 Å². The lowest BCUT2D eigenvalue weighted by molar-refractivity contribution is -0.155. The summed E-state index contributed by atoms with van der Waals surface area (Å²) >= 11 is 1.65. The van der Waals surface area contributed by atoms with Gasteiger partial charge in [0.05, 0.1) is 23.2 Å². The van der Waals surface area contributed by atoms with Crippen LogP contribution < -0.4 is 0 Å². The zero-order chi connectivity index (χ0) is 26.4. The molecule has 7 nitrogen and oxygen atoms in total. The lowest BCUT2D eigenvalue weighted by atomic mass is 9.66. The van der Waals surface area contributed by atoms with Crippen LogP contribution in [0, 0.1) is 17.3 Å². The lowest BCUT2D eigenvalue weighted by Gasteiger charge is -2.46. The third kappa shape index (κ3) is 4.77. The lowest BCUT2D eigenvalue weighted by Crippen LogP contribution is -2.60. The summed E-state index contributed by atoms with van der Waals surface area (Å²) in [5.74, 6) is -1.74. The van der Waals surface area contributed by atoms with E-state index < -0.39 is 32.9 Å². The molecule has 1 spiro atoms. The van der Waals surface area contributed by atoms with Crippen LogP contribution in [0.2, 0.25) is 0 Å². The van der Waals surface area contributed by atoms with Crippen molar-refractivity contribution < 1.29 is 24.2 Å². The summed E-state index contributed by atoms with van der Waals surface area (Å²) < 4.78 is 4.33. The number of rotatable bonds is 10. The van der Waals surface area contributed by atoms with Crippen molar-refractivity contribution >= 4 is 29.5 Å². The number of aliphatic hydroxyl groups is 1. The Bertz CT molecular complexity index is 868. The van der Waals surface area contributed by atoms with Gasteiger partial charge < -0.3 is 19.6 Å². The molecule has 3 aliphatic heterocycles. The first-order chi connectivity index (χ1) is 16.2. The van der Waals surface area contributed by atoms with Crippen LogP contribution in [-0.4, -0.2) is 80.1 Å². The Morgan fingerprint density at radius 2 is 1.94 bits per heavy atom. The number of likely N-dealkylation sites (tertiary alicyclic amines) is 1. The van der Waals surface area contributed by atoms with E-state index in [4.69, 9.17) is 4.74 Å². The minimum absolute atomic E-state index is 0.00482. The summed E-state index contributed by atoms with van der Waals surface area (Å²) in [4.78, 5) is 45.1. The topological polar surface area (TPSA) is 87.2 Å². The fraction of sp³-hybridized carbons (Fsp3) is 0.815. The maximum absolute atomic E-state index is 14.5. The highest BCUT2D eigenvalue weighted by Crippen LogP contribution is 2.71. The first kappa shape index (κ1) is 28.0. The fourth-order valence-electron chi connectivity index (χ4n) is 7.08. The minimum Gasteiger partial charge on any atom is -0.466 e. The fourth-order valence-corrected chi connectivity index (χ4v) is 9.42. The van der Waals surface area contributed by atoms with Crippen LogP contribution in [0.4, 0.5) is 0 Å². The van der Waals surface area contributed by atoms with E-state index in [1.165, 1.54) is 0 Å². The number of fused-ring (bicyclic) bond motifs is 1. The van der Waals surface area contributed by atoms with Crippen molar-refractivity contribution in [1.29, 1.82) is 0 Å². The van der Waals surface area contributed by atoms with Crippen molar-refractivity contribution in [1.82, 2.24) is 9.80 Å². The van der Waals surface area contributed by atoms with Crippen LogP contribution in [0.1, 0.15) is 74.1 Å². The number of carbonyl (C=O) groups is 3. The summed E-state index contributed by atoms with van der Waals surface area (Å²) in [6.45, 7) is 19.2. The Hall–Kier alpha value is -1.54. The van der Waals surface area contributed by atoms with Crippen LogP contribution in [0.5, 0.6) is 0 Å². The molecule has 0 saturated carbocycles. The molecule has 1 N–H and O–H groups in total. The van der Waals surface area contributed by atoms with Crippen molar-refractivity contribution in [2.24, 2.45) is 17.3 Å². The maximum Gasteiger partial charge on any atom is 0.311 e. The Morgan fingerprint density at radius 1 is 1.29 bits per heavy atom. The average Bonchev–Trinajstić information content (AvgIpc) is 3.29. The van der Waals surface area contributed by atoms with Gasteiger partial charge in [-0.2, -0.15) is 0 Å². The van der Waals surface area contributed by atoms with E-state index in [1.807, 2.05) is 11.8 Å². The number of thioether (sulfide) groups is 1. The summed E-state index contributed by atoms with van der Waals surface area (Å²) in [6.07, 6.45) is 4.37. The summed E-state index contributed by atoms with van der Waals surface area (Å²) in [7, 11) is 0. The highest BCUT2D eigenvalue weighted by atomic mass is 32.2. The van der Waals surface area contributed by atoms with Gasteiger partial charge in [0.1, 0.15) is 6.04 Å². The Balaban J connectivity index is 2.09. The number of esters is 1. The van der Waals surface area contributed by atoms with Crippen LogP contribution in [0.15, 0.2) is 12.7 Å². The largest absolute Gasteiger partial charge is 0.466 e. The summed E-state index contributed by atoms with van der Waals surface area (Å²) in [6, 6.07) is -0.683. The van der Waals surface area contributed by atoms with Crippen molar-refractivity contribution in [3.8, 4) is 0 Å². The van der Waals surface area contributed by atoms with Gasteiger partial charge in [-0.15, -0.1) is 18.3 Å². The van der Waals surface area contributed by atoms with Crippen molar-refractivity contribution in [3.05, 3.63) is 12.7 Å². The first-order valence-electron chi connectivity index (χ1n) is 12.9. The molecule has 0 aromatic heterocycles. The molecular weight excluding hydrogens is 464 g/mol. The Kier molecular flexibility index (Phi) is 7.79. The molecule has 0 aromatic carbocycles. The number of hydrogen-bond donors (Lipinski definition) is 1. The molecule has 35 heavy (non-hydrogen) atoms. The number of hydrogen-bond acceptors (Lipinski definition) is 6. The van der Waals surface area contributed by atoms with E-state index in [1.54, 1.807) is 29.7 Å². The van der Waals surface area contributed by atoms with Crippen LogP contribution >= 0.6 is 11.8 Å². The molecule has 3 heterocycles. The van der Waals surface area contributed by atoms with Gasteiger partial charge in [-0.25, -0.2) is 0 Å². The van der Waals surface area contributed by atoms with Crippen LogP contribution in [-0.2, 0) is 19.1 Å². The van der Waals surface area contributed by atoms with Crippen LogP contribution in [0.25, 0.3) is 0 Å². The van der Waals surface area contributed by atoms with Gasteiger partial charge in [0.25, 0.3) is 0 Å². The molecule has 198 valence electrons. The van der Waals surface area contributed by atoms with Crippen LogP contribution in [0.3, 0.4) is 0 Å². The number of amides is 2. The van der Waals surface area contributed by atoms with E-state index in [0.717, 1.165) is 12.8 Å². The molecule has 2 amide bonds. The molecular formula is C27H44N2O5S. The van der Waals surface area contributed by atoms with Gasteiger partial charge in [-0.3, -0.25) is 14.4 Å². The number of carbonyl (C=O) groups excluding carboxylic acids is 3. The highest BCUT2D eigenvalue weighted by Gasteiger charge is 2.77. The maximum atomic E-state index is 14.5. The van der Waals surface area contributed by atoms with E-state index in [2.05, 4.69) is 41.2 Å². The molecule has 0 radical (unpaired) electrons. The predicted molar refractivity (Wildman–Crippen MR) is 139 cm³/mol. The van der Waals surface area contributed by atoms with Gasteiger partial charge in [0, 0.05) is 30.0 Å². The molecule has 3 aliphatic rings. The molecule has 3 fully saturated rings. The SMILES string of the molecule is C=CCN(C(=O)C1N(CCCO)C(=O)[C@@H]2[C@H](C(=O)OCC)[C@]3(C)CCC12S3)C(C)(C)CC(C)(C)C. The number of nitrogens with zero attached hydrogens (tertiary/aromatic N) is 2. The second-order valence-corrected chi connectivity index (χ2v) is 14.3. The molecule has 2 bridgehead atoms. The zero-order valence-electron chi connectivity index (χ0n) is 22.6. The van der Waals surface area contributed by atoms with Gasteiger partial charge in [0.2, 0.25) is 11.8 Å². The van der Waals surface area contributed by atoms with E-state index >= 15 is 0 Å². The van der Waals surface area contributed by atoms with Crippen molar-refractivity contribution in [2.45, 2.75) is 95.2 Å². The molecule has 5 atom stereocenters. The molecule has 2 unspecified atom stereocenters. The van der Waals surface area contributed by atoms with Gasteiger partial charge >= 0.3 is 5.97 Å². The van der Waals surface area contributed by atoms with Crippen molar-refractivity contribution in [3.63, 3.8) is 0 Å². The summed E-state index contributed by atoms with van der Waals surface area (Å²) in [5, 5.41) is 9.55. The highest BCUT2D eigenvalue weighted by molar-refractivity contribution is 8.02. The monoisotopic (exact) mass is 508 g/mol. The third-order valence-electron chi connectivity index (χ3n) is 7.88. The molecule has 0 aromatic rings. The smallest absolute Gasteiger partial charge is 0.311 e. The standard InChI is InChI=1S/C27H44N2O5S/c1-9-14-29(25(6,7)17-24(3,4)5)22(32)20-27-13-12-26(8,35-27)19(23(33)34-10-2)18(27)21(31)28(20)15-11-16-30/h9,18-20,30H,1,10-17H2,2-8H3/t18-,19+,20?,26-,27?/m0/s1. The van der Waals surface area contributed by atoms with Gasteiger partial charge in [0.15, 0.2) is 0 Å². The zero-order valence-corrected chi connectivity index (χ0v) is 23.4. The van der Waals surface area contributed by atoms with Gasteiger partial charge in [-0.05, 0) is 58.8 Å². The molecule has 3 saturated heterocycles. The molecule has 8 heteroatoms. The average molecular weight is 509 g/mol. The Morgan fingerprint density at radius 3 is 2.49 bits per heavy atom. The number of ether oxygens (including phenoxy) is 1. The quantitative estimate of drug-likeness (QED) is 0.358. The second-order valence-electron chi connectivity index (χ2n) is 12.4. The first-order valence-corrected chi connectivity index (χ1v) is 13.7. The minimum atomic E-state index is -0.683. The second kappa shape index (κ2) is 9.73. The molecule has 0 aliphatic carbocycles. The van der Waals surface area contributed by atoms with E-state index in [0.29, 0.717) is 25.9 Å². The Labute approximate surface area is 215 Å². The third-order valence-corrected chi connectivity index (χ3v) is 9.87. The van der Waals surface area contributed by atoms with Gasteiger partial charge in [-0.1, -0.05) is 26.8 Å². The number of aliphatic hydroxyl groups excluding tert-OH is 1. The summed E-state index contributed by atoms with van der Waals surface area (Å²) in [5.41, 5.74) is -0.467. The van der Waals surface area contributed by atoms with E-state index in [9.17, 15) is 19.5 Å². The normalized spacial score (nSPS) is 32.1.